The maximum atomic E-state index is 13.9. The lowest BCUT2D eigenvalue weighted by molar-refractivity contribution is -0.141. The Morgan fingerprint density at radius 3 is 2.29 bits per heavy atom. The third-order valence-corrected chi connectivity index (χ3v) is 9.38. The van der Waals surface area contributed by atoms with E-state index in [0.717, 1.165) is 27.4 Å². The zero-order chi connectivity index (χ0) is 29.6. The van der Waals surface area contributed by atoms with Crippen molar-refractivity contribution >= 4 is 27.7 Å². The Labute approximate surface area is 242 Å². The van der Waals surface area contributed by atoms with Crippen LogP contribution in [0, 0.1) is 6.92 Å². The van der Waals surface area contributed by atoms with E-state index in [0.29, 0.717) is 6.42 Å². The Balaban J connectivity index is 1.58. The number of nitrogens with one attached hydrogen (secondary N) is 1. The molecule has 3 amide bonds. The summed E-state index contributed by atoms with van der Waals surface area (Å²) in [7, 11) is -3.96. The second-order valence-electron chi connectivity index (χ2n) is 10.5. The average Bonchev–Trinajstić information content (AvgIpc) is 3.16. The van der Waals surface area contributed by atoms with Gasteiger partial charge >= 0.3 is 0 Å². The Bertz CT molecular complexity index is 1510. The van der Waals surface area contributed by atoms with Gasteiger partial charge in [-0.2, -0.15) is 0 Å². The van der Waals surface area contributed by atoms with Crippen molar-refractivity contribution in [1.82, 2.24) is 14.5 Å². The lowest BCUT2D eigenvalue weighted by atomic mass is 10.0. The van der Waals surface area contributed by atoms with Crippen molar-refractivity contribution in [3.63, 3.8) is 0 Å². The lowest BCUT2D eigenvalue weighted by Gasteiger charge is -2.33. The first-order valence-electron chi connectivity index (χ1n) is 14.0. The van der Waals surface area contributed by atoms with Gasteiger partial charge < -0.3 is 10.2 Å². The molecule has 216 valence electrons. The minimum absolute atomic E-state index is 0.0119. The number of hydrogen-bond acceptors (Lipinski definition) is 5. The van der Waals surface area contributed by atoms with Crippen molar-refractivity contribution in [2.45, 2.75) is 70.0 Å². The van der Waals surface area contributed by atoms with Crippen LogP contribution in [0.15, 0.2) is 83.8 Å². The topological polar surface area (TPSA) is 104 Å². The van der Waals surface area contributed by atoms with E-state index in [4.69, 9.17) is 0 Å². The average molecular weight is 576 g/mol. The van der Waals surface area contributed by atoms with E-state index >= 15 is 0 Å². The molecule has 0 aliphatic carbocycles. The number of carbonyl (C=O) groups excluding carboxylic acids is 3. The molecule has 2 atom stereocenters. The number of nitrogens with zero attached hydrogens (tertiary/aromatic N) is 2. The molecular formula is C32H37N3O5S. The Morgan fingerprint density at radius 1 is 0.951 bits per heavy atom. The molecule has 8 nitrogen and oxygen atoms in total. The van der Waals surface area contributed by atoms with Crippen LogP contribution in [0.4, 0.5) is 0 Å². The van der Waals surface area contributed by atoms with Crippen molar-refractivity contribution in [1.29, 1.82) is 0 Å². The highest BCUT2D eigenvalue weighted by atomic mass is 32.2. The number of fused-ring (bicyclic) bond motifs is 1. The first-order chi connectivity index (χ1) is 19.6. The summed E-state index contributed by atoms with van der Waals surface area (Å²) in [5.41, 5.74) is 2.98. The number of benzene rings is 3. The smallest absolute Gasteiger partial charge is 0.269 e. The molecule has 0 bridgehead atoms. The molecule has 1 N–H and O–H groups in total. The summed E-state index contributed by atoms with van der Waals surface area (Å²) in [6.45, 7) is 5.98. The number of rotatable bonds is 12. The minimum atomic E-state index is -3.96. The summed E-state index contributed by atoms with van der Waals surface area (Å²) in [5, 5.41) is 3.05. The number of aryl methyl sites for hydroxylation is 1. The summed E-state index contributed by atoms with van der Waals surface area (Å²) >= 11 is 0. The minimum Gasteiger partial charge on any atom is -0.352 e. The van der Waals surface area contributed by atoms with Gasteiger partial charge in [0.1, 0.15) is 10.9 Å². The van der Waals surface area contributed by atoms with E-state index in [9.17, 15) is 22.8 Å². The molecule has 0 spiro atoms. The van der Waals surface area contributed by atoms with Gasteiger partial charge in [-0.1, -0.05) is 73.7 Å². The van der Waals surface area contributed by atoms with Crippen LogP contribution in [0.2, 0.25) is 0 Å². The van der Waals surface area contributed by atoms with E-state index in [1.54, 1.807) is 17.0 Å². The van der Waals surface area contributed by atoms with E-state index in [1.807, 2.05) is 75.4 Å². The van der Waals surface area contributed by atoms with E-state index in [1.165, 1.54) is 12.1 Å². The third-order valence-electron chi connectivity index (χ3n) is 7.54. The predicted molar refractivity (Wildman–Crippen MR) is 157 cm³/mol. The highest BCUT2D eigenvalue weighted by molar-refractivity contribution is 7.90. The highest BCUT2D eigenvalue weighted by Gasteiger charge is 2.40. The van der Waals surface area contributed by atoms with E-state index < -0.39 is 22.0 Å². The molecule has 0 fully saturated rings. The van der Waals surface area contributed by atoms with Crippen molar-refractivity contribution in [2.24, 2.45) is 0 Å². The van der Waals surface area contributed by atoms with E-state index in [2.05, 4.69) is 5.32 Å². The van der Waals surface area contributed by atoms with Gasteiger partial charge in [-0.3, -0.25) is 14.4 Å². The molecule has 0 saturated carbocycles. The largest absolute Gasteiger partial charge is 0.352 e. The quantitative estimate of drug-likeness (QED) is 0.343. The lowest BCUT2D eigenvalue weighted by Crippen LogP contribution is -2.52. The molecule has 4 rings (SSSR count). The molecule has 1 aliphatic rings. The Kier molecular flexibility index (Phi) is 9.60. The fourth-order valence-corrected chi connectivity index (χ4v) is 6.54. The SMILES string of the molecule is CCC(C)NC(=O)C(Cc1ccccc1)N(Cc1ccccc1C)C(=O)CCCN1C(=O)c2ccccc2S1(=O)=O. The molecule has 1 heterocycles. The fourth-order valence-electron chi connectivity index (χ4n) is 4.94. The molecule has 2 unspecified atom stereocenters. The molecule has 0 radical (unpaired) electrons. The van der Waals surface area contributed by atoms with Gasteiger partial charge in [-0.05, 0) is 55.5 Å². The van der Waals surface area contributed by atoms with Gasteiger partial charge in [-0.25, -0.2) is 12.7 Å². The van der Waals surface area contributed by atoms with Crippen molar-refractivity contribution in [3.8, 4) is 0 Å². The van der Waals surface area contributed by atoms with Crippen LogP contribution in [0.1, 0.15) is 60.2 Å². The van der Waals surface area contributed by atoms with Gasteiger partial charge in [0.25, 0.3) is 15.9 Å². The van der Waals surface area contributed by atoms with E-state index in [-0.39, 0.29) is 54.2 Å². The Morgan fingerprint density at radius 2 is 1.61 bits per heavy atom. The standard InChI is InChI=1S/C32H37N3O5S/c1-4-24(3)33-31(37)28(21-25-14-6-5-7-15-25)34(22-26-16-9-8-13-23(26)2)30(36)19-12-20-35-32(38)27-17-10-11-18-29(27)41(35,39)40/h5-11,13-18,24,28H,4,12,19-22H2,1-3H3,(H,33,37). The van der Waals surface area contributed by atoms with Crippen LogP contribution < -0.4 is 5.32 Å². The first kappa shape index (κ1) is 30.0. The van der Waals surface area contributed by atoms with Crippen molar-refractivity contribution in [3.05, 3.63) is 101 Å². The molecule has 3 aromatic carbocycles. The molecule has 9 heteroatoms. The van der Waals surface area contributed by atoms with Crippen LogP contribution >= 0.6 is 0 Å². The van der Waals surface area contributed by atoms with Gasteiger partial charge in [0.2, 0.25) is 11.8 Å². The van der Waals surface area contributed by atoms with Gasteiger partial charge in [-0.15, -0.1) is 0 Å². The molecular weight excluding hydrogens is 538 g/mol. The van der Waals surface area contributed by atoms with Crippen LogP contribution in [-0.2, 0) is 32.6 Å². The number of sulfonamides is 1. The van der Waals surface area contributed by atoms with Gasteiger partial charge in [0, 0.05) is 32.0 Å². The molecule has 41 heavy (non-hydrogen) atoms. The van der Waals surface area contributed by atoms with Crippen LogP contribution in [0.25, 0.3) is 0 Å². The summed E-state index contributed by atoms with van der Waals surface area (Å²) < 4.78 is 26.8. The van der Waals surface area contributed by atoms with Gasteiger partial charge in [0.15, 0.2) is 0 Å². The Hall–Kier alpha value is -3.98. The molecule has 0 aromatic heterocycles. The predicted octanol–water partition coefficient (Wildman–Crippen LogP) is 4.47. The van der Waals surface area contributed by atoms with Gasteiger partial charge in [0.05, 0.1) is 5.56 Å². The van der Waals surface area contributed by atoms with Crippen molar-refractivity contribution < 1.29 is 22.8 Å². The molecule has 3 aromatic rings. The first-order valence-corrected chi connectivity index (χ1v) is 15.4. The molecule has 0 saturated heterocycles. The number of hydrogen-bond donors (Lipinski definition) is 1. The third kappa shape index (κ3) is 6.85. The summed E-state index contributed by atoms with van der Waals surface area (Å²) in [6, 6.07) is 22.6. The second kappa shape index (κ2) is 13.1. The summed E-state index contributed by atoms with van der Waals surface area (Å²) in [5.74, 6) is -1.10. The fraction of sp³-hybridized carbons (Fsp3) is 0.344. The maximum Gasteiger partial charge on any atom is 0.269 e. The normalized spacial score (nSPS) is 15.2. The van der Waals surface area contributed by atoms with Crippen LogP contribution in [0.5, 0.6) is 0 Å². The van der Waals surface area contributed by atoms with Crippen LogP contribution in [-0.4, -0.2) is 54.0 Å². The van der Waals surface area contributed by atoms with Crippen molar-refractivity contribution in [2.75, 3.05) is 6.54 Å². The number of carbonyl (C=O) groups is 3. The summed E-state index contributed by atoms with van der Waals surface area (Å²) in [6.07, 6.45) is 1.18. The molecule has 1 aliphatic heterocycles. The summed E-state index contributed by atoms with van der Waals surface area (Å²) in [4.78, 5) is 41.9. The monoisotopic (exact) mass is 575 g/mol. The van der Waals surface area contributed by atoms with Crippen LogP contribution in [0.3, 0.4) is 0 Å². The zero-order valence-electron chi connectivity index (χ0n) is 23.7. The zero-order valence-corrected chi connectivity index (χ0v) is 24.6. The number of amides is 3. The highest BCUT2D eigenvalue weighted by Crippen LogP contribution is 2.30. The maximum absolute atomic E-state index is 13.9. The second-order valence-corrected chi connectivity index (χ2v) is 12.3.